The molecule has 1 aromatic rings. The maximum atomic E-state index is 12.5. The smallest absolute Gasteiger partial charge is 0.326 e. The molecule has 30 heavy (non-hydrogen) atoms. The van der Waals surface area contributed by atoms with E-state index in [-0.39, 0.29) is 23.7 Å². The van der Waals surface area contributed by atoms with Crippen LogP contribution in [0.2, 0.25) is 10.0 Å². The van der Waals surface area contributed by atoms with Crippen molar-refractivity contribution in [1.82, 2.24) is 10.2 Å². The van der Waals surface area contributed by atoms with E-state index in [0.29, 0.717) is 48.8 Å². The van der Waals surface area contributed by atoms with E-state index in [1.54, 1.807) is 12.1 Å². The highest BCUT2D eigenvalue weighted by molar-refractivity contribution is 6.42. The van der Waals surface area contributed by atoms with Gasteiger partial charge in [0.2, 0.25) is 11.8 Å². The number of piperidine rings is 1. The van der Waals surface area contributed by atoms with Crippen LogP contribution in [0.1, 0.15) is 51.5 Å². The van der Waals surface area contributed by atoms with Crippen molar-refractivity contribution in [3.63, 3.8) is 0 Å². The summed E-state index contributed by atoms with van der Waals surface area (Å²) in [7, 11) is 0. The molecule has 0 saturated carbocycles. The zero-order valence-corrected chi connectivity index (χ0v) is 19.0. The number of carbonyl (C=O) groups is 3. The first-order valence-corrected chi connectivity index (χ1v) is 11.1. The fourth-order valence-electron chi connectivity index (χ4n) is 3.70. The van der Waals surface area contributed by atoms with Crippen molar-refractivity contribution in [3.8, 4) is 0 Å². The molecule has 0 bridgehead atoms. The molecule has 2 rings (SSSR count). The number of aryl methyl sites for hydroxylation is 1. The first kappa shape index (κ1) is 24.5. The second-order valence-electron chi connectivity index (χ2n) is 8.36. The SMILES string of the molecule is CC(C)C[C@H](NC(=O)CC1CCN(C(=O)CCc2ccc(Cl)c(Cl)c2)CC1)C(=O)O. The van der Waals surface area contributed by atoms with E-state index in [1.807, 2.05) is 24.8 Å². The van der Waals surface area contributed by atoms with Crippen LogP contribution in [0.5, 0.6) is 0 Å². The van der Waals surface area contributed by atoms with E-state index >= 15 is 0 Å². The summed E-state index contributed by atoms with van der Waals surface area (Å²) >= 11 is 11.9. The van der Waals surface area contributed by atoms with E-state index in [9.17, 15) is 19.5 Å². The van der Waals surface area contributed by atoms with Gasteiger partial charge in [0.25, 0.3) is 0 Å². The minimum absolute atomic E-state index is 0.0897. The van der Waals surface area contributed by atoms with Gasteiger partial charge in [0.05, 0.1) is 10.0 Å². The number of halogens is 2. The van der Waals surface area contributed by atoms with Crippen LogP contribution in [0, 0.1) is 11.8 Å². The normalized spacial score (nSPS) is 15.8. The first-order valence-electron chi connectivity index (χ1n) is 10.4. The number of carboxylic acids is 1. The second-order valence-corrected chi connectivity index (χ2v) is 9.18. The van der Waals surface area contributed by atoms with E-state index < -0.39 is 12.0 Å². The molecule has 2 amide bonds. The lowest BCUT2D eigenvalue weighted by atomic mass is 9.92. The number of hydrogen-bond acceptors (Lipinski definition) is 3. The zero-order chi connectivity index (χ0) is 22.3. The van der Waals surface area contributed by atoms with E-state index in [1.165, 1.54) is 0 Å². The predicted molar refractivity (Wildman–Crippen MR) is 118 cm³/mol. The van der Waals surface area contributed by atoms with Crippen molar-refractivity contribution in [3.05, 3.63) is 33.8 Å². The van der Waals surface area contributed by atoms with Gasteiger partial charge in [0.1, 0.15) is 6.04 Å². The summed E-state index contributed by atoms with van der Waals surface area (Å²) in [4.78, 5) is 37.9. The van der Waals surface area contributed by atoms with Gasteiger partial charge >= 0.3 is 5.97 Å². The Morgan fingerprint density at radius 2 is 1.83 bits per heavy atom. The molecule has 0 spiro atoms. The van der Waals surface area contributed by atoms with Crippen LogP contribution >= 0.6 is 23.2 Å². The lowest BCUT2D eigenvalue weighted by molar-refractivity contribution is -0.142. The molecule has 2 N–H and O–H groups in total. The Bertz CT molecular complexity index is 762. The number of likely N-dealkylation sites (tertiary alicyclic amines) is 1. The Morgan fingerprint density at radius 1 is 1.17 bits per heavy atom. The highest BCUT2D eigenvalue weighted by Gasteiger charge is 2.26. The number of hydrogen-bond donors (Lipinski definition) is 2. The molecule has 6 nitrogen and oxygen atoms in total. The molecule has 1 fully saturated rings. The van der Waals surface area contributed by atoms with Crippen molar-refractivity contribution in [1.29, 1.82) is 0 Å². The van der Waals surface area contributed by atoms with Crippen LogP contribution in [0.15, 0.2) is 18.2 Å². The Balaban J connectivity index is 1.74. The minimum atomic E-state index is -1.00. The van der Waals surface area contributed by atoms with Gasteiger partial charge in [0.15, 0.2) is 0 Å². The average Bonchev–Trinajstić information content (AvgIpc) is 2.68. The van der Waals surface area contributed by atoms with Gasteiger partial charge < -0.3 is 15.3 Å². The first-order chi connectivity index (χ1) is 14.2. The summed E-state index contributed by atoms with van der Waals surface area (Å²) < 4.78 is 0. The van der Waals surface area contributed by atoms with Crippen molar-refractivity contribution in [2.24, 2.45) is 11.8 Å². The molecule has 0 unspecified atom stereocenters. The van der Waals surface area contributed by atoms with Crippen LogP contribution in [0.3, 0.4) is 0 Å². The summed E-state index contributed by atoms with van der Waals surface area (Å²) in [6.45, 7) is 5.09. The number of benzene rings is 1. The topological polar surface area (TPSA) is 86.7 Å². The van der Waals surface area contributed by atoms with Crippen molar-refractivity contribution >= 4 is 41.0 Å². The molecule has 0 aromatic heterocycles. The number of rotatable bonds is 9. The van der Waals surface area contributed by atoms with E-state index in [4.69, 9.17) is 23.2 Å². The monoisotopic (exact) mass is 456 g/mol. The van der Waals surface area contributed by atoms with Crippen LogP contribution in [0.4, 0.5) is 0 Å². The highest BCUT2D eigenvalue weighted by atomic mass is 35.5. The number of nitrogens with zero attached hydrogens (tertiary/aromatic N) is 1. The van der Waals surface area contributed by atoms with E-state index in [0.717, 1.165) is 18.4 Å². The Morgan fingerprint density at radius 3 is 2.40 bits per heavy atom. The standard InChI is InChI=1S/C22H30Cl2N2O4/c1-14(2)11-19(22(29)30)25-20(27)13-16-7-9-26(10-8-16)21(28)6-4-15-3-5-17(23)18(24)12-15/h3,5,12,14,16,19H,4,6-11,13H2,1-2H3,(H,25,27)(H,29,30)/t19-/m0/s1. The summed E-state index contributed by atoms with van der Waals surface area (Å²) in [5.41, 5.74) is 0.971. The fourth-order valence-corrected chi connectivity index (χ4v) is 4.02. The second kappa shape index (κ2) is 11.6. The third-order valence-electron chi connectivity index (χ3n) is 5.39. The third kappa shape index (κ3) is 7.80. The lowest BCUT2D eigenvalue weighted by Gasteiger charge is -2.32. The quantitative estimate of drug-likeness (QED) is 0.583. The van der Waals surface area contributed by atoms with Gasteiger partial charge in [-0.25, -0.2) is 4.79 Å². The highest BCUT2D eigenvalue weighted by Crippen LogP contribution is 2.24. The van der Waals surface area contributed by atoms with E-state index in [2.05, 4.69) is 5.32 Å². The molecule has 0 aliphatic carbocycles. The third-order valence-corrected chi connectivity index (χ3v) is 6.13. The molecule has 1 saturated heterocycles. The molecular weight excluding hydrogens is 427 g/mol. The number of carboxylic acid groups (broad SMARTS) is 1. The molecule has 0 radical (unpaired) electrons. The maximum Gasteiger partial charge on any atom is 0.326 e. The Hall–Kier alpha value is -1.79. The average molecular weight is 457 g/mol. The van der Waals surface area contributed by atoms with Crippen molar-refractivity contribution < 1.29 is 19.5 Å². The molecule has 166 valence electrons. The van der Waals surface area contributed by atoms with Gasteiger partial charge in [0, 0.05) is 25.9 Å². The van der Waals surface area contributed by atoms with Gasteiger partial charge in [-0.15, -0.1) is 0 Å². The van der Waals surface area contributed by atoms with Gasteiger partial charge in [-0.05, 0) is 55.2 Å². The summed E-state index contributed by atoms with van der Waals surface area (Å²) in [5.74, 6) is -0.791. The zero-order valence-electron chi connectivity index (χ0n) is 17.5. The number of amides is 2. The Labute approximate surface area is 187 Å². The number of aliphatic carboxylic acids is 1. The summed E-state index contributed by atoms with van der Waals surface area (Å²) in [5, 5.41) is 12.9. The van der Waals surface area contributed by atoms with Crippen LogP contribution in [0.25, 0.3) is 0 Å². The molecule has 8 heteroatoms. The molecule has 1 aromatic carbocycles. The minimum Gasteiger partial charge on any atom is -0.480 e. The van der Waals surface area contributed by atoms with Gasteiger partial charge in [-0.1, -0.05) is 43.1 Å². The summed E-state index contributed by atoms with van der Waals surface area (Å²) in [6, 6.07) is 4.54. The maximum absolute atomic E-state index is 12.5. The molecule has 1 heterocycles. The summed E-state index contributed by atoms with van der Waals surface area (Å²) in [6.07, 6.45) is 3.20. The largest absolute Gasteiger partial charge is 0.480 e. The molecular formula is C22H30Cl2N2O4. The van der Waals surface area contributed by atoms with Gasteiger partial charge in [-0.2, -0.15) is 0 Å². The number of carbonyl (C=O) groups excluding carboxylic acids is 2. The van der Waals surface area contributed by atoms with Crippen LogP contribution in [-0.2, 0) is 20.8 Å². The van der Waals surface area contributed by atoms with Gasteiger partial charge in [-0.3, -0.25) is 9.59 Å². The number of nitrogens with one attached hydrogen (secondary N) is 1. The molecule has 1 atom stereocenters. The molecule has 1 aliphatic rings. The van der Waals surface area contributed by atoms with Crippen molar-refractivity contribution in [2.45, 2.75) is 58.4 Å². The predicted octanol–water partition coefficient (Wildman–Crippen LogP) is 4.17. The fraction of sp³-hybridized carbons (Fsp3) is 0.591. The Kier molecular flexibility index (Phi) is 9.43. The van der Waals surface area contributed by atoms with Crippen LogP contribution in [-0.4, -0.2) is 46.9 Å². The molecule has 1 aliphatic heterocycles. The lowest BCUT2D eigenvalue weighted by Crippen LogP contribution is -2.43. The van der Waals surface area contributed by atoms with Crippen molar-refractivity contribution in [2.75, 3.05) is 13.1 Å². The van der Waals surface area contributed by atoms with Crippen LogP contribution < -0.4 is 5.32 Å².